The molecule has 0 spiro atoms. The van der Waals surface area contributed by atoms with E-state index in [1.807, 2.05) is 52.8 Å². The van der Waals surface area contributed by atoms with Gasteiger partial charge in [-0.15, -0.1) is 0 Å². The number of aliphatic hydroxyl groups is 1. The van der Waals surface area contributed by atoms with Gasteiger partial charge in [-0.2, -0.15) is 0 Å². The monoisotopic (exact) mass is 409 g/mol. The lowest BCUT2D eigenvalue weighted by Crippen LogP contribution is -2.31. The zero-order chi connectivity index (χ0) is 21.7. The number of carbonyl (C=O) groups is 1. The Morgan fingerprint density at radius 1 is 1.29 bits per heavy atom. The van der Waals surface area contributed by atoms with Gasteiger partial charge in [0.15, 0.2) is 0 Å². The van der Waals surface area contributed by atoms with Crippen molar-refractivity contribution in [2.45, 2.75) is 60.5 Å². The predicted molar refractivity (Wildman–Crippen MR) is 119 cm³/mol. The number of hydrogen-bond donors (Lipinski definition) is 2. The highest BCUT2D eigenvalue weighted by atomic mass is 35.5. The first kappa shape index (κ1) is 26.2. The Kier molecular flexibility index (Phi) is 13.3. The maximum absolute atomic E-state index is 11.3. The van der Waals surface area contributed by atoms with Crippen LogP contribution in [0.3, 0.4) is 0 Å². The summed E-state index contributed by atoms with van der Waals surface area (Å²) in [6.45, 7) is 12.8. The molecule has 0 saturated carbocycles. The van der Waals surface area contributed by atoms with E-state index in [9.17, 15) is 15.0 Å². The topological polar surface area (TPSA) is 60.8 Å². The summed E-state index contributed by atoms with van der Waals surface area (Å²) in [5.74, 6) is 0.250. The Hall–Kier alpha value is -1.78. The molecule has 5 heteroatoms. The summed E-state index contributed by atoms with van der Waals surface area (Å²) in [6.07, 6.45) is 5.99. The standard InChI is InChI=1S/C21H30ClNO3.C2H6/c1-5-8-16(6-2)20(15(4)11-12-23(7-3)21(25)26)19-10-9-18(22)13-17(19)14-24;1-2/h5-6,8-10,13,15,20,24H,7,11-12,14H2,1-4H3,(H,25,26);1-2H3/b8-5-,16-6+;. The number of amides is 1. The van der Waals surface area contributed by atoms with Crippen LogP contribution in [0.5, 0.6) is 0 Å². The molecule has 1 rings (SSSR count). The number of benzene rings is 1. The smallest absolute Gasteiger partial charge is 0.407 e. The molecule has 2 unspecified atom stereocenters. The second-order valence-electron chi connectivity index (χ2n) is 6.40. The van der Waals surface area contributed by atoms with E-state index in [4.69, 9.17) is 11.6 Å². The first-order valence-electron chi connectivity index (χ1n) is 10.0. The molecule has 0 aliphatic rings. The fourth-order valence-corrected chi connectivity index (χ4v) is 3.51. The van der Waals surface area contributed by atoms with E-state index >= 15 is 0 Å². The van der Waals surface area contributed by atoms with Crippen LogP contribution in [-0.4, -0.2) is 34.3 Å². The van der Waals surface area contributed by atoms with E-state index in [-0.39, 0.29) is 18.4 Å². The Bertz CT molecular complexity index is 655. The van der Waals surface area contributed by atoms with Gasteiger partial charge in [-0.1, -0.05) is 56.7 Å². The molecule has 2 atom stereocenters. The van der Waals surface area contributed by atoms with Gasteiger partial charge >= 0.3 is 6.09 Å². The minimum atomic E-state index is -0.890. The van der Waals surface area contributed by atoms with E-state index in [2.05, 4.69) is 19.1 Å². The molecule has 1 amide bonds. The molecule has 0 aliphatic carbocycles. The molecule has 0 radical (unpaired) electrons. The van der Waals surface area contributed by atoms with Crippen LogP contribution < -0.4 is 0 Å². The van der Waals surface area contributed by atoms with Crippen molar-refractivity contribution in [3.05, 3.63) is 58.1 Å². The van der Waals surface area contributed by atoms with Crippen molar-refractivity contribution in [1.29, 1.82) is 0 Å². The van der Waals surface area contributed by atoms with Crippen molar-refractivity contribution in [2.24, 2.45) is 5.92 Å². The van der Waals surface area contributed by atoms with E-state index in [1.165, 1.54) is 4.90 Å². The molecular formula is C23H36ClNO3. The second kappa shape index (κ2) is 14.3. The first-order valence-corrected chi connectivity index (χ1v) is 10.4. The molecule has 0 aliphatic heterocycles. The average Bonchev–Trinajstić information content (AvgIpc) is 2.70. The molecule has 0 fully saturated rings. The van der Waals surface area contributed by atoms with Gasteiger partial charge in [0.2, 0.25) is 0 Å². The maximum Gasteiger partial charge on any atom is 0.407 e. The third kappa shape index (κ3) is 7.69. The maximum atomic E-state index is 11.3. The van der Waals surface area contributed by atoms with Crippen LogP contribution in [0, 0.1) is 5.92 Å². The Morgan fingerprint density at radius 2 is 1.93 bits per heavy atom. The van der Waals surface area contributed by atoms with Gasteiger partial charge in [0, 0.05) is 24.0 Å². The van der Waals surface area contributed by atoms with Crippen molar-refractivity contribution in [3.8, 4) is 0 Å². The fourth-order valence-electron chi connectivity index (χ4n) is 3.32. The summed E-state index contributed by atoms with van der Waals surface area (Å²) in [7, 11) is 0. The van der Waals surface area contributed by atoms with Gasteiger partial charge < -0.3 is 15.1 Å². The average molecular weight is 410 g/mol. The molecular weight excluding hydrogens is 374 g/mol. The van der Waals surface area contributed by atoms with Gasteiger partial charge in [-0.3, -0.25) is 0 Å². The van der Waals surface area contributed by atoms with Crippen LogP contribution in [0.1, 0.15) is 65.0 Å². The zero-order valence-electron chi connectivity index (χ0n) is 18.1. The highest BCUT2D eigenvalue weighted by molar-refractivity contribution is 6.30. The Balaban J connectivity index is 0.00000352. The highest BCUT2D eigenvalue weighted by Crippen LogP contribution is 2.37. The Labute approximate surface area is 175 Å². The molecule has 28 heavy (non-hydrogen) atoms. The molecule has 0 saturated heterocycles. The number of halogens is 1. The van der Waals surface area contributed by atoms with Crippen molar-refractivity contribution in [2.75, 3.05) is 13.1 Å². The number of allylic oxidation sites excluding steroid dienone is 4. The van der Waals surface area contributed by atoms with Gasteiger partial charge in [0.1, 0.15) is 0 Å². The largest absolute Gasteiger partial charge is 0.465 e. The summed E-state index contributed by atoms with van der Waals surface area (Å²) < 4.78 is 0. The fraction of sp³-hybridized carbons (Fsp3) is 0.522. The quantitative estimate of drug-likeness (QED) is 0.458. The Morgan fingerprint density at radius 3 is 2.39 bits per heavy atom. The molecule has 0 bridgehead atoms. The highest BCUT2D eigenvalue weighted by Gasteiger charge is 2.25. The van der Waals surface area contributed by atoms with Gasteiger partial charge in [-0.25, -0.2) is 4.79 Å². The molecule has 158 valence electrons. The van der Waals surface area contributed by atoms with Gasteiger partial charge in [-0.05, 0) is 61.9 Å². The number of nitrogens with zero attached hydrogens (tertiary/aromatic N) is 1. The lowest BCUT2D eigenvalue weighted by atomic mass is 9.77. The summed E-state index contributed by atoms with van der Waals surface area (Å²) in [5, 5.41) is 19.7. The van der Waals surface area contributed by atoms with Crippen LogP contribution in [0.4, 0.5) is 4.79 Å². The number of carboxylic acid groups (broad SMARTS) is 1. The summed E-state index contributed by atoms with van der Waals surface area (Å²) >= 11 is 6.10. The van der Waals surface area contributed by atoms with Gasteiger partial charge in [0.05, 0.1) is 6.61 Å². The summed E-state index contributed by atoms with van der Waals surface area (Å²) in [4.78, 5) is 12.7. The second-order valence-corrected chi connectivity index (χ2v) is 6.83. The summed E-state index contributed by atoms with van der Waals surface area (Å²) in [6, 6.07) is 5.61. The SMILES string of the molecule is C/C=C\C(=C/C)C(c1ccc(Cl)cc1CO)C(C)CCN(CC)C(=O)O.CC. The van der Waals surface area contributed by atoms with Gasteiger partial charge in [0.25, 0.3) is 0 Å². The summed E-state index contributed by atoms with van der Waals surface area (Å²) in [5.41, 5.74) is 2.99. The number of aliphatic hydroxyl groups excluding tert-OH is 1. The van der Waals surface area contributed by atoms with Crippen molar-refractivity contribution < 1.29 is 15.0 Å². The van der Waals surface area contributed by atoms with Crippen LogP contribution in [0.15, 0.2) is 42.0 Å². The third-order valence-electron chi connectivity index (χ3n) is 4.74. The van der Waals surface area contributed by atoms with E-state index in [1.54, 1.807) is 6.07 Å². The number of rotatable bonds is 9. The zero-order valence-corrected chi connectivity index (χ0v) is 18.8. The van der Waals surface area contributed by atoms with Crippen molar-refractivity contribution in [3.63, 3.8) is 0 Å². The lowest BCUT2D eigenvalue weighted by molar-refractivity contribution is 0.144. The minimum absolute atomic E-state index is 0.0584. The molecule has 0 aromatic heterocycles. The van der Waals surface area contributed by atoms with Crippen LogP contribution in [0.25, 0.3) is 0 Å². The molecule has 1 aromatic carbocycles. The third-order valence-corrected chi connectivity index (χ3v) is 4.97. The number of hydrogen-bond acceptors (Lipinski definition) is 2. The normalized spacial score (nSPS) is 13.6. The van der Waals surface area contributed by atoms with E-state index in [0.29, 0.717) is 18.1 Å². The van der Waals surface area contributed by atoms with E-state index < -0.39 is 6.09 Å². The minimum Gasteiger partial charge on any atom is -0.465 e. The first-order chi connectivity index (χ1) is 13.4. The van der Waals surface area contributed by atoms with Crippen LogP contribution in [-0.2, 0) is 6.61 Å². The molecule has 4 nitrogen and oxygen atoms in total. The van der Waals surface area contributed by atoms with Crippen molar-refractivity contribution in [1.82, 2.24) is 4.90 Å². The predicted octanol–water partition coefficient (Wildman–Crippen LogP) is 6.49. The van der Waals surface area contributed by atoms with Crippen molar-refractivity contribution >= 4 is 17.7 Å². The van der Waals surface area contributed by atoms with E-state index in [0.717, 1.165) is 23.1 Å². The van der Waals surface area contributed by atoms with Crippen LogP contribution in [0.2, 0.25) is 5.02 Å². The lowest BCUT2D eigenvalue weighted by Gasteiger charge is -2.29. The van der Waals surface area contributed by atoms with Crippen LogP contribution >= 0.6 is 11.6 Å². The molecule has 1 aromatic rings. The molecule has 0 heterocycles. The molecule has 2 N–H and O–H groups in total.